The molecule has 38 heavy (non-hydrogen) atoms. The van der Waals surface area contributed by atoms with Crippen molar-refractivity contribution >= 4 is 28.7 Å². The predicted molar refractivity (Wildman–Crippen MR) is 148 cm³/mol. The first-order chi connectivity index (χ1) is 18.6. The molecule has 0 saturated carbocycles. The normalized spacial score (nSPS) is 13.4. The molecular weight excluding hydrogens is 505 g/mol. The lowest BCUT2D eigenvalue weighted by atomic mass is 10.1. The summed E-state index contributed by atoms with van der Waals surface area (Å²) >= 11 is 1.61. The summed E-state index contributed by atoms with van der Waals surface area (Å²) in [6, 6.07) is 12.7. The molecule has 5 rings (SSSR count). The monoisotopic (exact) mass is 535 g/mol. The second-order valence-corrected chi connectivity index (χ2v) is 9.88. The molecule has 1 fully saturated rings. The van der Waals surface area contributed by atoms with Gasteiger partial charge < -0.3 is 24.4 Å². The summed E-state index contributed by atoms with van der Waals surface area (Å²) in [4.78, 5) is 17.0. The molecule has 1 aliphatic heterocycles. The van der Waals surface area contributed by atoms with Crippen LogP contribution in [0.5, 0.6) is 11.5 Å². The molecule has 0 atom stereocenters. The minimum Gasteiger partial charge on any atom is -0.497 e. The molecule has 0 aliphatic carbocycles. The minimum atomic E-state index is -0.297. The van der Waals surface area contributed by atoms with E-state index in [4.69, 9.17) is 24.2 Å². The van der Waals surface area contributed by atoms with Gasteiger partial charge in [-0.15, -0.1) is 11.3 Å². The van der Waals surface area contributed by atoms with Gasteiger partial charge in [0.2, 0.25) is 5.95 Å². The highest BCUT2D eigenvalue weighted by Crippen LogP contribution is 2.39. The number of morpholine rings is 1. The number of rotatable bonds is 9. The van der Waals surface area contributed by atoms with E-state index in [2.05, 4.69) is 17.2 Å². The van der Waals surface area contributed by atoms with Gasteiger partial charge in [0.05, 0.1) is 54.4 Å². The number of aromatic nitrogens is 3. The van der Waals surface area contributed by atoms with Crippen LogP contribution in [0.3, 0.4) is 0 Å². The molecule has 8 nitrogen and oxygen atoms in total. The first-order valence-electron chi connectivity index (χ1n) is 12.5. The van der Waals surface area contributed by atoms with Gasteiger partial charge >= 0.3 is 0 Å². The molecule has 0 spiro atoms. The topological polar surface area (TPSA) is 81.6 Å². The van der Waals surface area contributed by atoms with Crippen LogP contribution in [-0.4, -0.2) is 55.5 Å². The molecule has 0 unspecified atom stereocenters. The van der Waals surface area contributed by atoms with E-state index in [1.54, 1.807) is 37.8 Å². The number of thiazole rings is 1. The minimum absolute atomic E-state index is 0.297. The van der Waals surface area contributed by atoms with Gasteiger partial charge in [0.1, 0.15) is 17.3 Å². The molecule has 0 radical (unpaired) electrons. The molecule has 2 aromatic carbocycles. The van der Waals surface area contributed by atoms with Gasteiger partial charge in [-0.25, -0.2) is 19.3 Å². The summed E-state index contributed by atoms with van der Waals surface area (Å²) in [6.07, 6.45) is 3.54. The van der Waals surface area contributed by atoms with Crippen molar-refractivity contribution in [1.29, 1.82) is 0 Å². The lowest BCUT2D eigenvalue weighted by molar-refractivity contribution is 0.122. The van der Waals surface area contributed by atoms with E-state index >= 15 is 0 Å². The van der Waals surface area contributed by atoms with Crippen molar-refractivity contribution in [3.63, 3.8) is 0 Å². The fourth-order valence-electron chi connectivity index (χ4n) is 4.32. The summed E-state index contributed by atoms with van der Waals surface area (Å²) in [6.45, 7) is 4.67. The second-order valence-electron chi connectivity index (χ2n) is 8.79. The molecule has 1 aliphatic rings. The molecule has 0 amide bonds. The highest BCUT2D eigenvalue weighted by molar-refractivity contribution is 7.15. The van der Waals surface area contributed by atoms with Crippen LogP contribution < -0.4 is 19.7 Å². The predicted octanol–water partition coefficient (Wildman–Crippen LogP) is 5.96. The average molecular weight is 536 g/mol. The van der Waals surface area contributed by atoms with Gasteiger partial charge in [-0.3, -0.25) is 0 Å². The Morgan fingerprint density at radius 2 is 1.79 bits per heavy atom. The zero-order valence-corrected chi connectivity index (χ0v) is 22.5. The maximum atomic E-state index is 14.9. The molecule has 4 aromatic rings. The number of benzene rings is 2. The summed E-state index contributed by atoms with van der Waals surface area (Å²) in [7, 11) is 3.25. The fourth-order valence-corrected chi connectivity index (χ4v) is 5.48. The molecule has 2 aromatic heterocycles. The van der Waals surface area contributed by atoms with E-state index in [0.717, 1.165) is 39.7 Å². The van der Waals surface area contributed by atoms with E-state index in [-0.39, 0.29) is 5.82 Å². The summed E-state index contributed by atoms with van der Waals surface area (Å²) in [5.41, 5.74) is 3.56. The molecule has 3 heterocycles. The lowest BCUT2D eigenvalue weighted by Gasteiger charge is -2.29. The van der Waals surface area contributed by atoms with Crippen LogP contribution in [0.2, 0.25) is 0 Å². The molecule has 1 saturated heterocycles. The van der Waals surface area contributed by atoms with Gasteiger partial charge in [0.25, 0.3) is 0 Å². The van der Waals surface area contributed by atoms with Gasteiger partial charge in [-0.1, -0.05) is 6.92 Å². The third kappa shape index (κ3) is 5.71. The Morgan fingerprint density at radius 3 is 2.47 bits per heavy atom. The molecular formula is C28H30FN5O3S. The zero-order valence-electron chi connectivity index (χ0n) is 21.7. The number of nitrogens with one attached hydrogen (secondary N) is 1. The lowest BCUT2D eigenvalue weighted by Crippen LogP contribution is -2.36. The van der Waals surface area contributed by atoms with Crippen molar-refractivity contribution in [2.75, 3.05) is 50.7 Å². The fraction of sp³-hybridized carbons (Fsp3) is 0.321. The Balaban J connectivity index is 1.46. The summed E-state index contributed by atoms with van der Waals surface area (Å²) in [5, 5.41) is 4.17. The van der Waals surface area contributed by atoms with Crippen LogP contribution in [0.1, 0.15) is 18.4 Å². The van der Waals surface area contributed by atoms with Crippen LogP contribution in [0.25, 0.3) is 21.8 Å². The van der Waals surface area contributed by atoms with E-state index in [1.807, 2.05) is 35.2 Å². The van der Waals surface area contributed by atoms with Gasteiger partial charge in [-0.05, 0) is 49.2 Å². The number of methoxy groups -OCH3 is 2. The average Bonchev–Trinajstić information content (AvgIpc) is 3.38. The van der Waals surface area contributed by atoms with E-state index in [0.29, 0.717) is 55.1 Å². The number of anilines is 3. The van der Waals surface area contributed by atoms with Crippen molar-refractivity contribution < 1.29 is 18.6 Å². The molecule has 10 heteroatoms. The smallest absolute Gasteiger partial charge is 0.227 e. The zero-order chi connectivity index (χ0) is 26.5. The molecule has 1 N–H and O–H groups in total. The van der Waals surface area contributed by atoms with Crippen molar-refractivity contribution in [3.8, 4) is 33.3 Å². The Kier molecular flexibility index (Phi) is 8.00. The second kappa shape index (κ2) is 11.7. The SMILES string of the molecule is CCCc1nc(-c2cc(OC)cc(OC)c2)c(-c2ccnc(Nc3ccc(N4CCOCC4)c(F)c3)n2)s1. The largest absolute Gasteiger partial charge is 0.497 e. The van der Waals surface area contributed by atoms with Crippen molar-refractivity contribution in [3.05, 3.63) is 59.5 Å². The van der Waals surface area contributed by atoms with Crippen molar-refractivity contribution in [2.45, 2.75) is 19.8 Å². The van der Waals surface area contributed by atoms with E-state index in [1.165, 1.54) is 6.07 Å². The Labute approximate surface area is 225 Å². The highest BCUT2D eigenvalue weighted by atomic mass is 32.1. The van der Waals surface area contributed by atoms with E-state index < -0.39 is 0 Å². The molecule has 198 valence electrons. The number of halogens is 1. The third-order valence-electron chi connectivity index (χ3n) is 6.20. The van der Waals surface area contributed by atoms with Crippen LogP contribution in [-0.2, 0) is 11.2 Å². The van der Waals surface area contributed by atoms with Gasteiger partial charge in [0, 0.05) is 36.6 Å². The van der Waals surface area contributed by atoms with Gasteiger partial charge in [0.15, 0.2) is 0 Å². The number of hydrogen-bond donors (Lipinski definition) is 1. The number of aryl methyl sites for hydroxylation is 1. The number of hydrogen-bond acceptors (Lipinski definition) is 9. The summed E-state index contributed by atoms with van der Waals surface area (Å²) < 4.78 is 31.3. The third-order valence-corrected chi connectivity index (χ3v) is 7.34. The Bertz CT molecular complexity index is 1390. The Morgan fingerprint density at radius 1 is 1.03 bits per heavy atom. The standard InChI is InChI=1S/C28H30FN5O3S/c1-4-5-25-33-26(18-14-20(35-2)17-21(15-18)36-3)27(38-25)23-8-9-30-28(32-23)31-19-6-7-24(22(29)16-19)34-10-12-37-13-11-34/h6-9,14-17H,4-5,10-13H2,1-3H3,(H,30,31,32). The molecule has 0 bridgehead atoms. The summed E-state index contributed by atoms with van der Waals surface area (Å²) in [5.74, 6) is 1.44. The van der Waals surface area contributed by atoms with Crippen molar-refractivity contribution in [1.82, 2.24) is 15.0 Å². The van der Waals surface area contributed by atoms with Gasteiger partial charge in [-0.2, -0.15) is 0 Å². The van der Waals surface area contributed by atoms with Crippen LogP contribution in [0, 0.1) is 5.82 Å². The first kappa shape index (κ1) is 25.9. The first-order valence-corrected chi connectivity index (χ1v) is 13.4. The van der Waals surface area contributed by atoms with Crippen LogP contribution in [0.15, 0.2) is 48.7 Å². The van der Waals surface area contributed by atoms with Crippen LogP contribution in [0.4, 0.5) is 21.7 Å². The highest BCUT2D eigenvalue weighted by Gasteiger charge is 2.19. The quantitative estimate of drug-likeness (QED) is 0.281. The maximum Gasteiger partial charge on any atom is 0.227 e. The number of nitrogens with zero attached hydrogens (tertiary/aromatic N) is 4. The Hall–Kier alpha value is -3.76. The van der Waals surface area contributed by atoms with Crippen molar-refractivity contribution in [2.24, 2.45) is 0 Å². The van der Waals surface area contributed by atoms with E-state index in [9.17, 15) is 4.39 Å². The van der Waals surface area contributed by atoms with Crippen LogP contribution >= 0.6 is 11.3 Å². The number of ether oxygens (including phenoxy) is 3. The maximum absolute atomic E-state index is 14.9.